The van der Waals surface area contributed by atoms with Crippen LogP contribution in [-0.2, 0) is 0 Å². The van der Waals surface area contributed by atoms with E-state index < -0.39 is 5.97 Å². The van der Waals surface area contributed by atoms with Crippen molar-refractivity contribution in [2.45, 2.75) is 6.92 Å². The number of anilines is 1. The minimum Gasteiger partial charge on any atom is -0.478 e. The number of aliphatic imine (C=N–C) groups is 1. The van der Waals surface area contributed by atoms with Crippen LogP contribution in [0.2, 0.25) is 0 Å². The highest BCUT2D eigenvalue weighted by Crippen LogP contribution is 2.29. The summed E-state index contributed by atoms with van der Waals surface area (Å²) in [5.74, 6) is 0.367. The standard InChI is InChI=1S/C15H14N2O3/c1-10-16-6-7-17(10)12-4-2-3-11(9-12)14-13(15(18)19)5-8-20-14/h2-5,8-9H,6-7H2,1H3,(H,18,19). The molecule has 0 spiro atoms. The summed E-state index contributed by atoms with van der Waals surface area (Å²) in [7, 11) is 0. The van der Waals surface area contributed by atoms with Crippen LogP contribution in [-0.4, -0.2) is 30.0 Å². The van der Waals surface area contributed by atoms with Crippen LogP contribution in [0.3, 0.4) is 0 Å². The molecule has 1 aromatic heterocycles. The van der Waals surface area contributed by atoms with Crippen LogP contribution in [0.25, 0.3) is 11.3 Å². The molecule has 20 heavy (non-hydrogen) atoms. The second kappa shape index (κ2) is 4.85. The fraction of sp³-hybridized carbons (Fsp3) is 0.200. The van der Waals surface area contributed by atoms with Gasteiger partial charge in [-0.1, -0.05) is 12.1 Å². The molecule has 102 valence electrons. The van der Waals surface area contributed by atoms with Gasteiger partial charge in [0.1, 0.15) is 17.2 Å². The van der Waals surface area contributed by atoms with Gasteiger partial charge in [0, 0.05) is 17.8 Å². The van der Waals surface area contributed by atoms with Crippen molar-refractivity contribution in [1.82, 2.24) is 0 Å². The predicted molar refractivity (Wildman–Crippen MR) is 76.4 cm³/mol. The van der Waals surface area contributed by atoms with E-state index in [0.717, 1.165) is 30.2 Å². The molecule has 1 aromatic carbocycles. The Hall–Kier alpha value is -2.56. The third-order valence-corrected chi connectivity index (χ3v) is 3.37. The van der Waals surface area contributed by atoms with Gasteiger partial charge in [-0.2, -0.15) is 0 Å². The van der Waals surface area contributed by atoms with Crippen molar-refractivity contribution < 1.29 is 14.3 Å². The van der Waals surface area contributed by atoms with Crippen molar-refractivity contribution in [1.29, 1.82) is 0 Å². The highest BCUT2D eigenvalue weighted by atomic mass is 16.4. The summed E-state index contributed by atoms with van der Waals surface area (Å²) < 4.78 is 5.33. The van der Waals surface area contributed by atoms with E-state index in [-0.39, 0.29) is 5.56 Å². The maximum absolute atomic E-state index is 11.2. The molecule has 2 heterocycles. The second-order valence-electron chi connectivity index (χ2n) is 4.60. The zero-order chi connectivity index (χ0) is 14.1. The summed E-state index contributed by atoms with van der Waals surface area (Å²) in [6.45, 7) is 3.60. The fourth-order valence-corrected chi connectivity index (χ4v) is 2.39. The van der Waals surface area contributed by atoms with E-state index in [1.807, 2.05) is 31.2 Å². The van der Waals surface area contributed by atoms with Gasteiger partial charge in [0.2, 0.25) is 0 Å². The lowest BCUT2D eigenvalue weighted by Gasteiger charge is -2.18. The highest BCUT2D eigenvalue weighted by molar-refractivity contribution is 5.99. The van der Waals surface area contributed by atoms with Crippen molar-refractivity contribution >= 4 is 17.5 Å². The largest absolute Gasteiger partial charge is 0.478 e. The lowest BCUT2D eigenvalue weighted by atomic mass is 10.1. The molecule has 0 saturated carbocycles. The van der Waals surface area contributed by atoms with Crippen molar-refractivity contribution in [3.05, 3.63) is 42.2 Å². The Balaban J connectivity index is 2.01. The molecule has 5 heteroatoms. The van der Waals surface area contributed by atoms with Gasteiger partial charge in [0.25, 0.3) is 0 Å². The Morgan fingerprint density at radius 2 is 2.25 bits per heavy atom. The van der Waals surface area contributed by atoms with E-state index in [1.165, 1.54) is 12.3 Å². The number of nitrogens with zero attached hydrogens (tertiary/aromatic N) is 2. The van der Waals surface area contributed by atoms with E-state index in [9.17, 15) is 4.79 Å². The van der Waals surface area contributed by atoms with Crippen LogP contribution in [0.5, 0.6) is 0 Å². The van der Waals surface area contributed by atoms with Crippen molar-refractivity contribution in [3.8, 4) is 11.3 Å². The normalized spacial score (nSPS) is 14.4. The second-order valence-corrected chi connectivity index (χ2v) is 4.60. The summed E-state index contributed by atoms with van der Waals surface area (Å²) in [6.07, 6.45) is 1.40. The molecule has 1 aliphatic rings. The highest BCUT2D eigenvalue weighted by Gasteiger charge is 2.18. The molecule has 0 radical (unpaired) electrons. The molecule has 1 aliphatic heterocycles. The van der Waals surface area contributed by atoms with Gasteiger partial charge < -0.3 is 14.4 Å². The van der Waals surface area contributed by atoms with E-state index in [4.69, 9.17) is 9.52 Å². The van der Waals surface area contributed by atoms with Crippen LogP contribution >= 0.6 is 0 Å². The molecule has 5 nitrogen and oxygen atoms in total. The molecule has 0 unspecified atom stereocenters. The predicted octanol–water partition coefficient (Wildman–Crippen LogP) is 2.88. The summed E-state index contributed by atoms with van der Waals surface area (Å²) in [5, 5.41) is 9.15. The number of furan rings is 1. The first kappa shape index (κ1) is 12.5. The summed E-state index contributed by atoms with van der Waals surface area (Å²) in [4.78, 5) is 17.6. The van der Waals surface area contributed by atoms with Crippen LogP contribution < -0.4 is 4.90 Å². The van der Waals surface area contributed by atoms with E-state index in [0.29, 0.717) is 5.76 Å². The first-order chi connectivity index (χ1) is 9.66. The van der Waals surface area contributed by atoms with Gasteiger partial charge in [0.15, 0.2) is 0 Å². The Labute approximate surface area is 116 Å². The first-order valence-electron chi connectivity index (χ1n) is 6.36. The number of rotatable bonds is 3. The number of aromatic carboxylic acids is 1. The summed E-state index contributed by atoms with van der Waals surface area (Å²) in [6, 6.07) is 9.11. The van der Waals surface area contributed by atoms with Gasteiger partial charge >= 0.3 is 5.97 Å². The molecule has 0 atom stereocenters. The van der Waals surface area contributed by atoms with Gasteiger partial charge in [-0.15, -0.1) is 0 Å². The minimum atomic E-state index is -0.988. The van der Waals surface area contributed by atoms with Crippen LogP contribution in [0.15, 0.2) is 46.0 Å². The molecular weight excluding hydrogens is 256 g/mol. The number of carbonyl (C=O) groups is 1. The molecule has 1 N–H and O–H groups in total. The number of carboxylic acid groups (broad SMARTS) is 1. The molecule has 2 aromatic rings. The molecule has 0 aliphatic carbocycles. The fourth-order valence-electron chi connectivity index (χ4n) is 2.39. The summed E-state index contributed by atoms with van der Waals surface area (Å²) in [5.41, 5.74) is 1.92. The van der Waals surface area contributed by atoms with Gasteiger partial charge in [-0.25, -0.2) is 4.79 Å². The zero-order valence-electron chi connectivity index (χ0n) is 11.0. The molecule has 0 fully saturated rings. The average molecular weight is 270 g/mol. The maximum Gasteiger partial charge on any atom is 0.339 e. The Morgan fingerprint density at radius 3 is 2.95 bits per heavy atom. The molecule has 0 bridgehead atoms. The van der Waals surface area contributed by atoms with Crippen LogP contribution in [0.4, 0.5) is 5.69 Å². The van der Waals surface area contributed by atoms with Crippen molar-refractivity contribution in [2.75, 3.05) is 18.0 Å². The van der Waals surface area contributed by atoms with Gasteiger partial charge in [0.05, 0.1) is 12.8 Å². The van der Waals surface area contributed by atoms with E-state index >= 15 is 0 Å². The quantitative estimate of drug-likeness (QED) is 0.931. The molecular formula is C15H14N2O3. The SMILES string of the molecule is CC1=NCCN1c1cccc(-c2occc2C(=O)O)c1. The molecule has 0 amide bonds. The average Bonchev–Trinajstić information content (AvgIpc) is 3.07. The monoisotopic (exact) mass is 270 g/mol. The van der Waals surface area contributed by atoms with Crippen molar-refractivity contribution in [2.24, 2.45) is 4.99 Å². The number of carboxylic acids is 1. The Bertz CT molecular complexity index is 688. The Kier molecular flexibility index (Phi) is 3.02. The van der Waals surface area contributed by atoms with E-state index in [1.54, 1.807) is 0 Å². The maximum atomic E-state index is 11.2. The lowest BCUT2D eigenvalue weighted by molar-refractivity contribution is 0.0697. The number of hydrogen-bond acceptors (Lipinski definition) is 4. The van der Waals surface area contributed by atoms with Gasteiger partial charge in [-0.3, -0.25) is 4.99 Å². The smallest absolute Gasteiger partial charge is 0.339 e. The van der Waals surface area contributed by atoms with Gasteiger partial charge in [-0.05, 0) is 25.1 Å². The number of amidine groups is 1. The van der Waals surface area contributed by atoms with E-state index in [2.05, 4.69) is 9.89 Å². The third-order valence-electron chi connectivity index (χ3n) is 3.37. The molecule has 0 saturated heterocycles. The third kappa shape index (κ3) is 2.07. The minimum absolute atomic E-state index is 0.175. The zero-order valence-corrected chi connectivity index (χ0v) is 11.0. The number of hydrogen-bond donors (Lipinski definition) is 1. The summed E-state index contributed by atoms with van der Waals surface area (Å²) >= 11 is 0. The van der Waals surface area contributed by atoms with Crippen LogP contribution in [0.1, 0.15) is 17.3 Å². The number of benzene rings is 1. The first-order valence-corrected chi connectivity index (χ1v) is 6.36. The van der Waals surface area contributed by atoms with Crippen molar-refractivity contribution in [3.63, 3.8) is 0 Å². The lowest BCUT2D eigenvalue weighted by Crippen LogP contribution is -2.24. The topological polar surface area (TPSA) is 66.0 Å². The Morgan fingerprint density at radius 1 is 1.40 bits per heavy atom. The van der Waals surface area contributed by atoms with Crippen LogP contribution in [0, 0.1) is 0 Å². The molecule has 3 rings (SSSR count).